The molecule has 1 saturated carbocycles. The second kappa shape index (κ2) is 10.6. The Hall–Kier alpha value is -3.21. The van der Waals surface area contributed by atoms with E-state index in [1.165, 1.54) is 6.20 Å². The van der Waals surface area contributed by atoms with E-state index in [0.717, 1.165) is 36.6 Å². The van der Waals surface area contributed by atoms with Gasteiger partial charge in [-0.3, -0.25) is 19.9 Å². The van der Waals surface area contributed by atoms with E-state index in [-0.39, 0.29) is 18.4 Å². The highest BCUT2D eigenvalue weighted by molar-refractivity contribution is 6.08. The number of carbonyl (C=O) groups is 4. The first-order valence-corrected chi connectivity index (χ1v) is 12.4. The highest BCUT2D eigenvalue weighted by Gasteiger charge is 2.52. The summed E-state index contributed by atoms with van der Waals surface area (Å²) in [5, 5.41) is 3.68. The topological polar surface area (TPSA) is 124 Å². The Morgan fingerprint density at radius 2 is 1.94 bits per heavy atom. The van der Waals surface area contributed by atoms with Gasteiger partial charge in [0.2, 0.25) is 0 Å². The molecule has 1 aliphatic carbocycles. The maximum atomic E-state index is 13.0. The predicted octanol–water partition coefficient (Wildman–Crippen LogP) is 1.30. The van der Waals surface area contributed by atoms with Gasteiger partial charge in [-0.1, -0.05) is 6.92 Å². The molecule has 4 rings (SSSR count). The summed E-state index contributed by atoms with van der Waals surface area (Å²) in [5.41, 5.74) is 2.05. The van der Waals surface area contributed by atoms with E-state index in [2.05, 4.69) is 27.6 Å². The maximum absolute atomic E-state index is 13.0. The number of nitrogens with zero attached hydrogens (tertiary/aromatic N) is 4. The molecule has 3 fully saturated rings. The summed E-state index contributed by atoms with van der Waals surface area (Å²) >= 11 is 0. The number of aromatic nitrogens is 1. The lowest BCUT2D eigenvalue weighted by Gasteiger charge is -2.33. The first-order chi connectivity index (χ1) is 16.8. The molecule has 2 N–H and O–H groups in total. The Labute approximate surface area is 205 Å². The Bertz CT molecular complexity index is 960. The standard InChI is InChI=1S/C24H34N6O5/c1-3-35-21(32)18-5-6-19(25-15-18)29-12-4-11-28(13-14-29)16-20(31)27-30-22(33)24(26-23(30)34)9-7-17(2)8-10-24/h5-6,15,17H,3-4,7-14,16H2,1-2H3,(H,26,34)(H,27,31). The van der Waals surface area contributed by atoms with Crippen molar-refractivity contribution in [1.82, 2.24) is 25.6 Å². The van der Waals surface area contributed by atoms with Crippen LogP contribution in [-0.4, -0.2) is 83.6 Å². The first kappa shape index (κ1) is 24.9. The van der Waals surface area contributed by atoms with Crippen LogP contribution in [0.3, 0.4) is 0 Å². The fourth-order valence-electron chi connectivity index (χ4n) is 4.95. The Morgan fingerprint density at radius 1 is 1.17 bits per heavy atom. The summed E-state index contributed by atoms with van der Waals surface area (Å²) in [7, 11) is 0. The monoisotopic (exact) mass is 486 g/mol. The summed E-state index contributed by atoms with van der Waals surface area (Å²) in [6.45, 7) is 7.04. The van der Waals surface area contributed by atoms with E-state index in [0.29, 0.717) is 50.6 Å². The molecular formula is C24H34N6O5. The highest BCUT2D eigenvalue weighted by atomic mass is 16.5. The number of anilines is 1. The van der Waals surface area contributed by atoms with Crippen molar-refractivity contribution in [1.29, 1.82) is 0 Å². The van der Waals surface area contributed by atoms with Crippen LogP contribution in [0.2, 0.25) is 0 Å². The second-order valence-corrected chi connectivity index (χ2v) is 9.61. The number of hydrazine groups is 1. The van der Waals surface area contributed by atoms with E-state index in [1.807, 2.05) is 4.90 Å². The third-order valence-corrected chi connectivity index (χ3v) is 7.06. The van der Waals surface area contributed by atoms with E-state index in [4.69, 9.17) is 4.74 Å². The largest absolute Gasteiger partial charge is 0.462 e. The number of hydrogen-bond acceptors (Lipinski definition) is 8. The number of carbonyl (C=O) groups excluding carboxylic acids is 4. The van der Waals surface area contributed by atoms with Crippen molar-refractivity contribution in [3.05, 3.63) is 23.9 Å². The van der Waals surface area contributed by atoms with Crippen molar-refractivity contribution in [3.63, 3.8) is 0 Å². The zero-order valence-electron chi connectivity index (χ0n) is 20.4. The molecule has 3 heterocycles. The van der Waals surface area contributed by atoms with Gasteiger partial charge in [0, 0.05) is 32.4 Å². The average molecular weight is 487 g/mol. The molecule has 0 unspecified atom stereocenters. The van der Waals surface area contributed by atoms with Crippen molar-refractivity contribution >= 4 is 29.6 Å². The number of amides is 4. The van der Waals surface area contributed by atoms with Crippen molar-refractivity contribution in [2.24, 2.45) is 5.92 Å². The van der Waals surface area contributed by atoms with Crippen LogP contribution in [0, 0.1) is 5.92 Å². The number of urea groups is 1. The minimum Gasteiger partial charge on any atom is -0.462 e. The zero-order valence-corrected chi connectivity index (χ0v) is 20.4. The van der Waals surface area contributed by atoms with Gasteiger partial charge in [0.05, 0.1) is 18.7 Å². The number of rotatable bonds is 6. The Balaban J connectivity index is 1.28. The first-order valence-electron chi connectivity index (χ1n) is 12.4. The summed E-state index contributed by atoms with van der Waals surface area (Å²) in [4.78, 5) is 58.4. The van der Waals surface area contributed by atoms with Gasteiger partial charge in [-0.2, -0.15) is 5.01 Å². The van der Waals surface area contributed by atoms with Crippen LogP contribution in [0.1, 0.15) is 56.3 Å². The summed E-state index contributed by atoms with van der Waals surface area (Å²) in [6.07, 6.45) is 5.28. The SMILES string of the molecule is CCOC(=O)c1ccc(N2CCCN(CC(=O)NN3C(=O)NC4(CCC(C)CC4)C3=O)CC2)nc1. The molecule has 3 aliphatic rings. The molecule has 4 amide bonds. The molecule has 1 aromatic heterocycles. The molecule has 11 nitrogen and oxygen atoms in total. The number of esters is 1. The number of imide groups is 1. The van der Waals surface area contributed by atoms with Gasteiger partial charge in [-0.15, -0.1) is 0 Å². The van der Waals surface area contributed by atoms with E-state index in [9.17, 15) is 19.2 Å². The van der Waals surface area contributed by atoms with Crippen LogP contribution in [0.4, 0.5) is 10.6 Å². The van der Waals surface area contributed by atoms with E-state index in [1.54, 1.807) is 19.1 Å². The molecular weight excluding hydrogens is 452 g/mol. The van der Waals surface area contributed by atoms with Crippen molar-refractivity contribution in [3.8, 4) is 0 Å². The zero-order chi connectivity index (χ0) is 25.0. The van der Waals surface area contributed by atoms with E-state index < -0.39 is 17.5 Å². The van der Waals surface area contributed by atoms with Gasteiger partial charge in [0.15, 0.2) is 0 Å². The fraction of sp³-hybridized carbons (Fsp3) is 0.625. The van der Waals surface area contributed by atoms with Crippen molar-refractivity contribution in [2.75, 3.05) is 44.2 Å². The average Bonchev–Trinajstić information content (AvgIpc) is 2.99. The van der Waals surface area contributed by atoms with Crippen LogP contribution < -0.4 is 15.6 Å². The maximum Gasteiger partial charge on any atom is 0.344 e. The summed E-state index contributed by atoms with van der Waals surface area (Å²) in [5.74, 6) is 0.147. The summed E-state index contributed by atoms with van der Waals surface area (Å²) in [6, 6.07) is 2.94. The third-order valence-electron chi connectivity index (χ3n) is 7.06. The molecule has 11 heteroatoms. The lowest BCUT2D eigenvalue weighted by atomic mass is 9.77. The molecule has 35 heavy (non-hydrogen) atoms. The molecule has 1 aromatic rings. The number of pyridine rings is 1. The van der Waals surface area contributed by atoms with Gasteiger partial charge in [0.25, 0.3) is 11.8 Å². The van der Waals surface area contributed by atoms with Gasteiger partial charge in [-0.25, -0.2) is 14.6 Å². The molecule has 2 aliphatic heterocycles. The van der Waals surface area contributed by atoms with Crippen LogP contribution >= 0.6 is 0 Å². The van der Waals surface area contributed by atoms with Crippen LogP contribution in [-0.2, 0) is 14.3 Å². The number of nitrogens with one attached hydrogen (secondary N) is 2. The van der Waals surface area contributed by atoms with Crippen LogP contribution in [0.5, 0.6) is 0 Å². The Kier molecular flexibility index (Phi) is 7.54. The number of hydrogen-bond donors (Lipinski definition) is 2. The van der Waals surface area contributed by atoms with E-state index >= 15 is 0 Å². The molecule has 0 radical (unpaired) electrons. The smallest absolute Gasteiger partial charge is 0.344 e. The fourth-order valence-corrected chi connectivity index (χ4v) is 4.95. The molecule has 0 aromatic carbocycles. The Morgan fingerprint density at radius 3 is 2.63 bits per heavy atom. The number of ether oxygens (including phenoxy) is 1. The normalized spacial score (nSPS) is 25.4. The van der Waals surface area contributed by atoms with Gasteiger partial charge < -0.3 is 15.0 Å². The van der Waals surface area contributed by atoms with Gasteiger partial charge in [-0.05, 0) is 57.1 Å². The minimum atomic E-state index is -0.879. The van der Waals surface area contributed by atoms with Crippen LogP contribution in [0.15, 0.2) is 18.3 Å². The predicted molar refractivity (Wildman–Crippen MR) is 127 cm³/mol. The minimum absolute atomic E-state index is 0.0875. The molecule has 0 atom stereocenters. The van der Waals surface area contributed by atoms with Crippen molar-refractivity contribution < 1.29 is 23.9 Å². The quantitative estimate of drug-likeness (QED) is 0.456. The highest BCUT2D eigenvalue weighted by Crippen LogP contribution is 2.35. The van der Waals surface area contributed by atoms with Gasteiger partial charge in [0.1, 0.15) is 11.4 Å². The van der Waals surface area contributed by atoms with Crippen LogP contribution in [0.25, 0.3) is 0 Å². The molecule has 0 bridgehead atoms. The molecule has 190 valence electrons. The molecule has 2 saturated heterocycles. The lowest BCUT2D eigenvalue weighted by molar-refractivity contribution is -0.140. The van der Waals surface area contributed by atoms with Crippen molar-refractivity contribution in [2.45, 2.75) is 51.5 Å². The second-order valence-electron chi connectivity index (χ2n) is 9.61. The third kappa shape index (κ3) is 5.55. The summed E-state index contributed by atoms with van der Waals surface area (Å²) < 4.78 is 5.00. The molecule has 1 spiro atoms. The van der Waals surface area contributed by atoms with Gasteiger partial charge >= 0.3 is 12.0 Å². The lowest BCUT2D eigenvalue weighted by Crippen LogP contribution is -2.53.